The maximum atomic E-state index is 5.24. The number of nitrogens with zero attached hydrogens (tertiary/aromatic N) is 1. The average Bonchev–Trinajstić information content (AvgIpc) is 2.53. The number of H-pyrrole nitrogens is 1. The number of aromatic amines is 1. The van der Waals surface area contributed by atoms with E-state index in [-0.39, 0.29) is 0 Å². The standard InChI is InChI=1S/C9H12N2S2/c1-13-5-8-10-7-4-2-3-6(7)9(12)11-8/h2-5H2,1H3,(H,10,11,12). The molecule has 0 bridgehead atoms. The van der Waals surface area contributed by atoms with Crippen molar-refractivity contribution in [2.75, 3.05) is 6.26 Å². The summed E-state index contributed by atoms with van der Waals surface area (Å²) < 4.78 is 0.815. The lowest BCUT2D eigenvalue weighted by Gasteiger charge is -2.03. The van der Waals surface area contributed by atoms with Gasteiger partial charge >= 0.3 is 0 Å². The first-order valence-corrected chi connectivity index (χ1v) is 6.21. The Bertz CT molecular complexity index is 370. The molecule has 2 nitrogen and oxygen atoms in total. The predicted octanol–water partition coefficient (Wildman–Crippen LogP) is 2.49. The SMILES string of the molecule is CSCc1nc(=S)c2c([nH]1)CCC2. The van der Waals surface area contributed by atoms with Gasteiger partial charge in [-0.05, 0) is 25.5 Å². The summed E-state index contributed by atoms with van der Waals surface area (Å²) in [5.74, 6) is 1.95. The fourth-order valence-corrected chi connectivity index (χ4v) is 2.46. The van der Waals surface area contributed by atoms with Crippen LogP contribution in [-0.4, -0.2) is 16.2 Å². The van der Waals surface area contributed by atoms with Crippen LogP contribution in [-0.2, 0) is 18.6 Å². The van der Waals surface area contributed by atoms with E-state index in [1.54, 1.807) is 11.8 Å². The summed E-state index contributed by atoms with van der Waals surface area (Å²) in [6.45, 7) is 0. The van der Waals surface area contributed by atoms with E-state index in [1.807, 2.05) is 0 Å². The van der Waals surface area contributed by atoms with E-state index in [2.05, 4.69) is 16.2 Å². The Kier molecular flexibility index (Phi) is 2.69. The topological polar surface area (TPSA) is 28.7 Å². The molecule has 1 aliphatic carbocycles. The van der Waals surface area contributed by atoms with Crippen LogP contribution < -0.4 is 0 Å². The van der Waals surface area contributed by atoms with E-state index in [9.17, 15) is 0 Å². The number of aromatic nitrogens is 2. The molecule has 0 saturated heterocycles. The van der Waals surface area contributed by atoms with Crippen LogP contribution in [0.3, 0.4) is 0 Å². The highest BCUT2D eigenvalue weighted by Crippen LogP contribution is 2.20. The van der Waals surface area contributed by atoms with Crippen molar-refractivity contribution < 1.29 is 0 Å². The Morgan fingerprint density at radius 1 is 1.54 bits per heavy atom. The third-order valence-electron chi connectivity index (χ3n) is 2.29. The lowest BCUT2D eigenvalue weighted by Crippen LogP contribution is -1.99. The molecule has 0 atom stereocenters. The maximum Gasteiger partial charge on any atom is 0.133 e. The molecule has 0 aliphatic heterocycles. The molecule has 0 fully saturated rings. The lowest BCUT2D eigenvalue weighted by molar-refractivity contribution is 0.893. The van der Waals surface area contributed by atoms with Gasteiger partial charge in [0.05, 0.1) is 5.75 Å². The number of nitrogens with one attached hydrogen (secondary N) is 1. The first kappa shape index (κ1) is 9.21. The van der Waals surface area contributed by atoms with Crippen LogP contribution >= 0.6 is 24.0 Å². The molecule has 0 aromatic carbocycles. The summed E-state index contributed by atoms with van der Waals surface area (Å²) in [5.41, 5.74) is 2.60. The van der Waals surface area contributed by atoms with E-state index in [1.165, 1.54) is 17.7 Å². The van der Waals surface area contributed by atoms with Crippen LogP contribution in [0.5, 0.6) is 0 Å². The van der Waals surface area contributed by atoms with E-state index < -0.39 is 0 Å². The molecular weight excluding hydrogens is 200 g/mol. The van der Waals surface area contributed by atoms with Crippen LogP contribution in [0.15, 0.2) is 0 Å². The van der Waals surface area contributed by atoms with Crippen molar-refractivity contribution in [1.29, 1.82) is 0 Å². The average molecular weight is 212 g/mol. The summed E-state index contributed by atoms with van der Waals surface area (Å²) in [6, 6.07) is 0. The molecule has 1 aromatic heterocycles. The molecule has 0 saturated carbocycles. The minimum absolute atomic E-state index is 0.815. The molecule has 1 N–H and O–H groups in total. The minimum atomic E-state index is 0.815. The summed E-state index contributed by atoms with van der Waals surface area (Å²) in [5, 5.41) is 0. The van der Waals surface area contributed by atoms with Crippen molar-refractivity contribution in [3.05, 3.63) is 21.7 Å². The van der Waals surface area contributed by atoms with Crippen LogP contribution in [0, 0.1) is 4.64 Å². The van der Waals surface area contributed by atoms with Gasteiger partial charge in [0, 0.05) is 11.3 Å². The van der Waals surface area contributed by atoms with Crippen LogP contribution in [0.1, 0.15) is 23.5 Å². The summed E-state index contributed by atoms with van der Waals surface area (Å²) in [4.78, 5) is 7.74. The summed E-state index contributed by atoms with van der Waals surface area (Å²) in [6.07, 6.45) is 5.55. The van der Waals surface area contributed by atoms with E-state index >= 15 is 0 Å². The van der Waals surface area contributed by atoms with Gasteiger partial charge in [-0.25, -0.2) is 4.98 Å². The zero-order chi connectivity index (χ0) is 9.26. The Balaban J connectivity index is 2.44. The highest BCUT2D eigenvalue weighted by molar-refractivity contribution is 7.97. The van der Waals surface area contributed by atoms with Gasteiger partial charge in [-0.15, -0.1) is 0 Å². The molecule has 0 spiro atoms. The first-order chi connectivity index (χ1) is 6.31. The minimum Gasteiger partial charge on any atom is -0.346 e. The maximum absolute atomic E-state index is 5.24. The molecule has 13 heavy (non-hydrogen) atoms. The van der Waals surface area contributed by atoms with Crippen molar-refractivity contribution in [3.8, 4) is 0 Å². The van der Waals surface area contributed by atoms with Crippen LogP contribution in [0.2, 0.25) is 0 Å². The van der Waals surface area contributed by atoms with Crippen LogP contribution in [0.4, 0.5) is 0 Å². The monoisotopic (exact) mass is 212 g/mol. The number of hydrogen-bond donors (Lipinski definition) is 1. The quantitative estimate of drug-likeness (QED) is 0.764. The number of rotatable bonds is 2. The highest BCUT2D eigenvalue weighted by atomic mass is 32.2. The van der Waals surface area contributed by atoms with Gasteiger partial charge in [0.2, 0.25) is 0 Å². The van der Waals surface area contributed by atoms with Gasteiger partial charge < -0.3 is 4.98 Å². The Morgan fingerprint density at radius 2 is 2.38 bits per heavy atom. The molecule has 0 amide bonds. The fourth-order valence-electron chi connectivity index (χ4n) is 1.71. The van der Waals surface area contributed by atoms with Crippen molar-refractivity contribution in [1.82, 2.24) is 9.97 Å². The third kappa shape index (κ3) is 1.79. The van der Waals surface area contributed by atoms with Crippen molar-refractivity contribution in [3.63, 3.8) is 0 Å². The summed E-state index contributed by atoms with van der Waals surface area (Å²) >= 11 is 7.01. The molecule has 0 radical (unpaired) electrons. The second-order valence-corrected chi connectivity index (χ2v) is 4.49. The molecular formula is C9H12N2S2. The molecule has 70 valence electrons. The zero-order valence-corrected chi connectivity index (χ0v) is 9.23. The lowest BCUT2D eigenvalue weighted by atomic mass is 10.3. The number of fused-ring (bicyclic) bond motifs is 1. The second kappa shape index (κ2) is 3.80. The molecule has 1 aliphatic rings. The third-order valence-corrected chi connectivity index (χ3v) is 3.19. The smallest absolute Gasteiger partial charge is 0.133 e. The molecule has 1 heterocycles. The van der Waals surface area contributed by atoms with Gasteiger partial charge in [-0.1, -0.05) is 12.2 Å². The molecule has 4 heteroatoms. The fraction of sp³-hybridized carbons (Fsp3) is 0.556. The van der Waals surface area contributed by atoms with E-state index in [0.29, 0.717) is 0 Å². The second-order valence-electron chi connectivity index (χ2n) is 3.23. The first-order valence-electron chi connectivity index (χ1n) is 4.41. The predicted molar refractivity (Wildman–Crippen MR) is 58.7 cm³/mol. The number of hydrogen-bond acceptors (Lipinski definition) is 3. The molecule has 2 rings (SSSR count). The normalized spacial score (nSPS) is 14.5. The van der Waals surface area contributed by atoms with Gasteiger partial charge in [0.1, 0.15) is 10.5 Å². The number of thioether (sulfide) groups is 1. The largest absolute Gasteiger partial charge is 0.346 e. The van der Waals surface area contributed by atoms with Gasteiger partial charge in [-0.2, -0.15) is 11.8 Å². The van der Waals surface area contributed by atoms with Crippen molar-refractivity contribution in [2.24, 2.45) is 0 Å². The van der Waals surface area contributed by atoms with E-state index in [0.717, 1.165) is 29.1 Å². The van der Waals surface area contributed by atoms with Crippen molar-refractivity contribution in [2.45, 2.75) is 25.0 Å². The Morgan fingerprint density at radius 3 is 3.15 bits per heavy atom. The zero-order valence-electron chi connectivity index (χ0n) is 7.59. The summed E-state index contributed by atoms with van der Waals surface area (Å²) in [7, 11) is 0. The van der Waals surface area contributed by atoms with Gasteiger partial charge in [0.25, 0.3) is 0 Å². The van der Waals surface area contributed by atoms with Crippen molar-refractivity contribution >= 4 is 24.0 Å². The Labute approximate surface area is 87.2 Å². The highest BCUT2D eigenvalue weighted by Gasteiger charge is 2.14. The molecule has 1 aromatic rings. The Hall–Kier alpha value is -0.350. The number of aryl methyl sites for hydroxylation is 1. The molecule has 0 unspecified atom stereocenters. The van der Waals surface area contributed by atoms with Crippen LogP contribution in [0.25, 0.3) is 0 Å². The van der Waals surface area contributed by atoms with Gasteiger partial charge in [-0.3, -0.25) is 0 Å². The van der Waals surface area contributed by atoms with Gasteiger partial charge in [0.15, 0.2) is 0 Å². The van der Waals surface area contributed by atoms with E-state index in [4.69, 9.17) is 12.2 Å².